The fourth-order valence-electron chi connectivity index (χ4n) is 0.900. The van der Waals surface area contributed by atoms with E-state index in [4.69, 9.17) is 15.0 Å². The average molecular weight is 206 g/mol. The van der Waals surface area contributed by atoms with Gasteiger partial charge in [-0.15, -0.1) is 0 Å². The molecule has 0 aliphatic heterocycles. The Hall–Kier alpha value is -0.160. The van der Waals surface area contributed by atoms with Gasteiger partial charge in [0.2, 0.25) is 0 Å². The molecule has 0 saturated carbocycles. The summed E-state index contributed by atoms with van der Waals surface area (Å²) in [6.07, 6.45) is 3.97. The molecule has 14 heavy (non-hydrogen) atoms. The molecule has 1 N–H and O–H groups in total. The fraction of sp³-hybridized carbons (Fsp3) is 1.00. The van der Waals surface area contributed by atoms with Crippen LogP contribution >= 0.6 is 0 Å². The van der Waals surface area contributed by atoms with Crippen molar-refractivity contribution in [3.05, 3.63) is 0 Å². The highest BCUT2D eigenvalue weighted by Crippen LogP contribution is 2.08. The molecule has 0 bridgehead atoms. The number of hydrogen-bond donors (Lipinski definition) is 1. The summed E-state index contributed by atoms with van der Waals surface area (Å²) in [6, 6.07) is 0. The largest absolute Gasteiger partial charge is 0.252 e. The summed E-state index contributed by atoms with van der Waals surface area (Å²) in [5.74, 6) is 0. The van der Waals surface area contributed by atoms with Crippen LogP contribution in [0.4, 0.5) is 0 Å². The fourth-order valence-corrected chi connectivity index (χ4v) is 0.900. The minimum atomic E-state index is -0.231. The van der Waals surface area contributed by atoms with E-state index in [1.807, 2.05) is 20.8 Å². The minimum Gasteiger partial charge on any atom is -0.252 e. The first-order chi connectivity index (χ1) is 6.56. The second-order valence-corrected chi connectivity index (χ2v) is 4.27. The van der Waals surface area contributed by atoms with Crippen molar-refractivity contribution in [2.75, 3.05) is 13.2 Å². The van der Waals surface area contributed by atoms with Crippen LogP contribution in [0.1, 0.15) is 46.5 Å². The molecule has 0 amide bonds. The minimum absolute atomic E-state index is 0.231. The molecule has 0 saturated heterocycles. The summed E-state index contributed by atoms with van der Waals surface area (Å²) in [6.45, 7) is 6.89. The third-order valence-corrected chi connectivity index (χ3v) is 1.52. The lowest BCUT2D eigenvalue weighted by molar-refractivity contribution is -0.348. The van der Waals surface area contributed by atoms with Crippen LogP contribution in [0.2, 0.25) is 0 Å². The zero-order chi connectivity index (χ0) is 10.9. The van der Waals surface area contributed by atoms with Crippen LogP contribution in [-0.4, -0.2) is 24.1 Å². The first kappa shape index (κ1) is 13.8. The highest BCUT2D eigenvalue weighted by Gasteiger charge is 2.10. The second-order valence-electron chi connectivity index (χ2n) is 4.27. The number of rotatable bonds is 8. The standard InChI is InChI=1S/C10H22O4/c1-10(2,3)14-13-9-7-5-4-6-8-12-11/h11H,4-9H2,1-3H3. The summed E-state index contributed by atoms with van der Waals surface area (Å²) in [5, 5.41) is 8.05. The van der Waals surface area contributed by atoms with E-state index in [0.29, 0.717) is 13.2 Å². The van der Waals surface area contributed by atoms with E-state index in [0.717, 1.165) is 25.7 Å². The van der Waals surface area contributed by atoms with Gasteiger partial charge < -0.3 is 0 Å². The van der Waals surface area contributed by atoms with Crippen LogP contribution in [0.15, 0.2) is 0 Å². The zero-order valence-corrected chi connectivity index (χ0v) is 9.41. The summed E-state index contributed by atoms with van der Waals surface area (Å²) in [7, 11) is 0. The van der Waals surface area contributed by atoms with E-state index in [1.165, 1.54) is 0 Å². The number of hydrogen-bond acceptors (Lipinski definition) is 4. The van der Waals surface area contributed by atoms with Gasteiger partial charge in [-0.1, -0.05) is 12.8 Å². The van der Waals surface area contributed by atoms with Crippen molar-refractivity contribution in [1.82, 2.24) is 0 Å². The quantitative estimate of drug-likeness (QED) is 0.377. The average Bonchev–Trinajstić information content (AvgIpc) is 2.08. The molecule has 4 heteroatoms. The van der Waals surface area contributed by atoms with Crippen molar-refractivity contribution in [3.8, 4) is 0 Å². The molecule has 0 aromatic carbocycles. The summed E-state index contributed by atoms with van der Waals surface area (Å²) < 4.78 is 0. The lowest BCUT2D eigenvalue weighted by Gasteiger charge is -2.17. The maximum atomic E-state index is 8.05. The Labute approximate surface area is 86.0 Å². The molecular weight excluding hydrogens is 184 g/mol. The first-order valence-corrected chi connectivity index (χ1v) is 5.13. The molecule has 86 valence electrons. The first-order valence-electron chi connectivity index (χ1n) is 5.13. The van der Waals surface area contributed by atoms with Crippen LogP contribution in [0.25, 0.3) is 0 Å². The Bertz CT molecular complexity index is 120. The van der Waals surface area contributed by atoms with Crippen LogP contribution < -0.4 is 0 Å². The Morgan fingerprint density at radius 2 is 1.50 bits per heavy atom. The van der Waals surface area contributed by atoms with Gasteiger partial charge in [-0.05, 0) is 33.6 Å². The van der Waals surface area contributed by atoms with Gasteiger partial charge in [-0.2, -0.15) is 0 Å². The third-order valence-electron chi connectivity index (χ3n) is 1.52. The SMILES string of the molecule is CC(C)(C)OOCCCCCCOO. The van der Waals surface area contributed by atoms with Crippen molar-refractivity contribution in [2.45, 2.75) is 52.1 Å². The summed E-state index contributed by atoms with van der Waals surface area (Å²) in [4.78, 5) is 14.1. The van der Waals surface area contributed by atoms with Crippen molar-refractivity contribution < 1.29 is 19.9 Å². The molecule has 0 radical (unpaired) electrons. The number of unbranched alkanes of at least 4 members (excludes halogenated alkanes) is 3. The van der Waals surface area contributed by atoms with E-state index in [-0.39, 0.29) is 5.60 Å². The van der Waals surface area contributed by atoms with Crippen LogP contribution in [0.3, 0.4) is 0 Å². The van der Waals surface area contributed by atoms with Gasteiger partial charge in [0.25, 0.3) is 0 Å². The van der Waals surface area contributed by atoms with E-state index < -0.39 is 0 Å². The van der Waals surface area contributed by atoms with Crippen molar-refractivity contribution in [1.29, 1.82) is 0 Å². The zero-order valence-electron chi connectivity index (χ0n) is 9.41. The highest BCUT2D eigenvalue weighted by atomic mass is 17.2. The van der Waals surface area contributed by atoms with E-state index in [1.54, 1.807) is 0 Å². The van der Waals surface area contributed by atoms with Crippen molar-refractivity contribution in [2.24, 2.45) is 0 Å². The summed E-state index contributed by atoms with van der Waals surface area (Å²) in [5.41, 5.74) is -0.231. The molecule has 0 aliphatic rings. The lowest BCUT2D eigenvalue weighted by Crippen LogP contribution is -2.19. The molecule has 0 aromatic heterocycles. The van der Waals surface area contributed by atoms with E-state index in [9.17, 15) is 0 Å². The van der Waals surface area contributed by atoms with Gasteiger partial charge in [-0.3, -0.25) is 5.26 Å². The lowest BCUT2D eigenvalue weighted by atomic mass is 10.2. The Morgan fingerprint density at radius 1 is 0.929 bits per heavy atom. The molecule has 0 spiro atoms. The maximum absolute atomic E-state index is 8.05. The Kier molecular flexibility index (Phi) is 8.08. The van der Waals surface area contributed by atoms with E-state index in [2.05, 4.69) is 4.89 Å². The van der Waals surface area contributed by atoms with Crippen molar-refractivity contribution >= 4 is 0 Å². The molecule has 0 aliphatic carbocycles. The smallest absolute Gasteiger partial charge is 0.0952 e. The normalized spacial score (nSPS) is 12.0. The third kappa shape index (κ3) is 11.8. The maximum Gasteiger partial charge on any atom is 0.0952 e. The molecule has 0 fully saturated rings. The second kappa shape index (κ2) is 8.17. The molecule has 4 nitrogen and oxygen atoms in total. The van der Waals surface area contributed by atoms with Crippen molar-refractivity contribution in [3.63, 3.8) is 0 Å². The van der Waals surface area contributed by atoms with Gasteiger partial charge in [-0.25, -0.2) is 14.7 Å². The molecular formula is C10H22O4. The highest BCUT2D eigenvalue weighted by molar-refractivity contribution is 4.54. The van der Waals surface area contributed by atoms with Crippen LogP contribution in [-0.2, 0) is 14.7 Å². The van der Waals surface area contributed by atoms with Crippen LogP contribution in [0, 0.1) is 0 Å². The predicted octanol–water partition coefficient (Wildman–Crippen LogP) is 2.78. The Morgan fingerprint density at radius 3 is 2.00 bits per heavy atom. The van der Waals surface area contributed by atoms with E-state index >= 15 is 0 Å². The molecule has 0 rings (SSSR count). The summed E-state index contributed by atoms with van der Waals surface area (Å²) >= 11 is 0. The van der Waals surface area contributed by atoms with Gasteiger partial charge in [0, 0.05) is 0 Å². The molecule has 0 unspecified atom stereocenters. The van der Waals surface area contributed by atoms with Gasteiger partial charge in [0.05, 0.1) is 18.8 Å². The molecule has 0 aromatic rings. The predicted molar refractivity (Wildman–Crippen MR) is 53.8 cm³/mol. The van der Waals surface area contributed by atoms with Crippen LogP contribution in [0.5, 0.6) is 0 Å². The Balaban J connectivity index is 2.99. The van der Waals surface area contributed by atoms with Gasteiger partial charge in [0.15, 0.2) is 0 Å². The monoisotopic (exact) mass is 206 g/mol. The van der Waals surface area contributed by atoms with Gasteiger partial charge >= 0.3 is 0 Å². The van der Waals surface area contributed by atoms with Gasteiger partial charge in [0.1, 0.15) is 0 Å². The molecule has 0 heterocycles. The molecule has 0 atom stereocenters. The topological polar surface area (TPSA) is 47.9 Å².